The summed E-state index contributed by atoms with van der Waals surface area (Å²) in [5.41, 5.74) is 4.91. The zero-order chi connectivity index (χ0) is 12.9. The van der Waals surface area contributed by atoms with Crippen LogP contribution in [0.5, 0.6) is 0 Å². The highest BCUT2D eigenvalue weighted by atomic mass is 14.9. The van der Waals surface area contributed by atoms with Gasteiger partial charge in [-0.1, -0.05) is 11.1 Å². The molecule has 0 spiro atoms. The molecule has 4 nitrogen and oxygen atoms in total. The molecule has 0 amide bonds. The monoisotopic (exact) mass is 236 g/mol. The number of nitrogens with zero attached hydrogens (tertiary/aromatic N) is 4. The van der Waals surface area contributed by atoms with Crippen molar-refractivity contribution in [3.05, 3.63) is 33.9 Å². The van der Waals surface area contributed by atoms with Gasteiger partial charge in [-0.2, -0.15) is 10.5 Å². The summed E-state index contributed by atoms with van der Waals surface area (Å²) in [7, 11) is 0. The number of aromatic nitrogens is 2. The first-order valence-electron chi connectivity index (χ1n) is 6.06. The molecule has 0 unspecified atom stereocenters. The summed E-state index contributed by atoms with van der Waals surface area (Å²) in [4.78, 5) is 8.76. The van der Waals surface area contributed by atoms with Crippen LogP contribution in [0.2, 0.25) is 0 Å². The molecule has 1 heterocycles. The largest absolute Gasteiger partial charge is 0.237 e. The summed E-state index contributed by atoms with van der Waals surface area (Å²) < 4.78 is 0. The number of hydrogen-bond donors (Lipinski definition) is 0. The third kappa shape index (κ3) is 1.23. The summed E-state index contributed by atoms with van der Waals surface area (Å²) in [6.45, 7) is 4.23. The van der Waals surface area contributed by atoms with Crippen LogP contribution in [0.4, 0.5) is 0 Å². The van der Waals surface area contributed by atoms with E-state index < -0.39 is 0 Å². The molecule has 2 bridgehead atoms. The fourth-order valence-electron chi connectivity index (χ4n) is 3.28. The Morgan fingerprint density at radius 2 is 1.44 bits per heavy atom. The molecule has 2 aliphatic carbocycles. The van der Waals surface area contributed by atoms with Crippen molar-refractivity contribution < 1.29 is 0 Å². The molecule has 0 N–H and O–H groups in total. The minimum absolute atomic E-state index is 0.164. The van der Waals surface area contributed by atoms with E-state index in [0.717, 1.165) is 24.2 Å². The van der Waals surface area contributed by atoms with Crippen molar-refractivity contribution in [1.29, 1.82) is 10.5 Å². The number of nitriles is 2. The molecule has 1 saturated carbocycles. The van der Waals surface area contributed by atoms with Crippen LogP contribution in [-0.2, 0) is 0 Å². The van der Waals surface area contributed by atoms with Crippen LogP contribution >= 0.6 is 0 Å². The molecule has 1 fully saturated rings. The van der Waals surface area contributed by atoms with Gasteiger partial charge in [0.1, 0.15) is 12.1 Å². The van der Waals surface area contributed by atoms with E-state index in [-0.39, 0.29) is 11.4 Å². The Morgan fingerprint density at radius 1 is 1.00 bits per heavy atom. The minimum Gasteiger partial charge on any atom is -0.237 e. The van der Waals surface area contributed by atoms with Gasteiger partial charge in [0.25, 0.3) is 0 Å². The lowest BCUT2D eigenvalue weighted by Gasteiger charge is -2.12. The van der Waals surface area contributed by atoms with Crippen LogP contribution in [0.15, 0.2) is 11.1 Å². The third-order valence-corrected chi connectivity index (χ3v) is 3.90. The Bertz CT molecular complexity index is 603. The molecule has 0 aromatic carbocycles. The van der Waals surface area contributed by atoms with Gasteiger partial charge < -0.3 is 0 Å². The van der Waals surface area contributed by atoms with Crippen molar-refractivity contribution in [2.24, 2.45) is 0 Å². The van der Waals surface area contributed by atoms with Crippen molar-refractivity contribution in [3.8, 4) is 12.1 Å². The Hall–Kier alpha value is -2.20. The standard InChI is InChI=1S/C14H12N4/c1-7(2)12-8-3-4-9(12)14-13(8)17-10(5-15)11(6-16)18-14/h8-9H,3-4H2,1-2H3/t8-,9+. The van der Waals surface area contributed by atoms with Gasteiger partial charge in [0.2, 0.25) is 0 Å². The normalized spacial score (nSPS) is 23.4. The van der Waals surface area contributed by atoms with E-state index in [2.05, 4.69) is 23.8 Å². The smallest absolute Gasteiger partial charge is 0.177 e. The van der Waals surface area contributed by atoms with E-state index in [1.54, 1.807) is 0 Å². The van der Waals surface area contributed by atoms with Crippen molar-refractivity contribution >= 4 is 0 Å². The van der Waals surface area contributed by atoms with Gasteiger partial charge in [0.05, 0.1) is 11.4 Å². The fraction of sp³-hybridized carbons (Fsp3) is 0.429. The van der Waals surface area contributed by atoms with Crippen LogP contribution in [0.25, 0.3) is 0 Å². The highest BCUT2D eigenvalue weighted by molar-refractivity contribution is 5.51. The lowest BCUT2D eigenvalue weighted by molar-refractivity contribution is 0.676. The van der Waals surface area contributed by atoms with E-state index in [4.69, 9.17) is 10.5 Å². The summed E-state index contributed by atoms with van der Waals surface area (Å²) in [5, 5.41) is 18.0. The molecule has 0 radical (unpaired) electrons. The molecular formula is C14H12N4. The Balaban J connectivity index is 2.25. The molecule has 2 aliphatic rings. The molecule has 3 rings (SSSR count). The van der Waals surface area contributed by atoms with Gasteiger partial charge in [0, 0.05) is 11.8 Å². The van der Waals surface area contributed by atoms with E-state index in [0.29, 0.717) is 11.8 Å². The van der Waals surface area contributed by atoms with Crippen LogP contribution in [0.1, 0.15) is 61.3 Å². The van der Waals surface area contributed by atoms with Gasteiger partial charge >= 0.3 is 0 Å². The fourth-order valence-corrected chi connectivity index (χ4v) is 3.28. The molecule has 2 atom stereocenters. The molecular weight excluding hydrogens is 224 g/mol. The minimum atomic E-state index is 0.164. The molecule has 0 aliphatic heterocycles. The second-order valence-corrected chi connectivity index (χ2v) is 5.05. The summed E-state index contributed by atoms with van der Waals surface area (Å²) in [5.74, 6) is 0.643. The lowest BCUT2D eigenvalue weighted by atomic mass is 10.00. The predicted octanol–water partition coefficient (Wildman–Crippen LogP) is 2.53. The molecule has 1 aromatic rings. The highest BCUT2D eigenvalue weighted by Gasteiger charge is 2.44. The zero-order valence-corrected chi connectivity index (χ0v) is 10.4. The maximum atomic E-state index is 9.01. The molecule has 4 heteroatoms. The molecule has 0 saturated heterocycles. The topological polar surface area (TPSA) is 73.4 Å². The molecule has 88 valence electrons. The molecule has 1 aromatic heterocycles. The first-order valence-corrected chi connectivity index (χ1v) is 6.06. The number of fused-ring (bicyclic) bond motifs is 5. The van der Waals surface area contributed by atoms with Gasteiger partial charge in [0.15, 0.2) is 11.4 Å². The van der Waals surface area contributed by atoms with Gasteiger partial charge in [-0.25, -0.2) is 9.97 Å². The van der Waals surface area contributed by atoms with Crippen LogP contribution in [0.3, 0.4) is 0 Å². The predicted molar refractivity (Wildman–Crippen MR) is 64.6 cm³/mol. The van der Waals surface area contributed by atoms with Crippen molar-refractivity contribution in [3.63, 3.8) is 0 Å². The van der Waals surface area contributed by atoms with Gasteiger partial charge in [-0.15, -0.1) is 0 Å². The first kappa shape index (κ1) is 10.9. The third-order valence-electron chi connectivity index (χ3n) is 3.90. The SMILES string of the molecule is CC(C)=C1[C@H]2CC[C@@H]1c1nc(C#N)c(C#N)nc12. The highest BCUT2D eigenvalue weighted by Crippen LogP contribution is 2.56. The molecule has 18 heavy (non-hydrogen) atoms. The van der Waals surface area contributed by atoms with Crippen molar-refractivity contribution in [1.82, 2.24) is 9.97 Å². The second kappa shape index (κ2) is 3.65. The quantitative estimate of drug-likeness (QED) is 0.649. The van der Waals surface area contributed by atoms with Crippen LogP contribution in [0, 0.1) is 22.7 Å². The van der Waals surface area contributed by atoms with E-state index in [1.165, 1.54) is 11.1 Å². The second-order valence-electron chi connectivity index (χ2n) is 5.05. The Kier molecular flexibility index (Phi) is 2.21. The van der Waals surface area contributed by atoms with E-state index in [9.17, 15) is 0 Å². The van der Waals surface area contributed by atoms with Crippen molar-refractivity contribution in [2.45, 2.75) is 38.5 Å². The summed E-state index contributed by atoms with van der Waals surface area (Å²) in [6.07, 6.45) is 2.17. The van der Waals surface area contributed by atoms with Crippen LogP contribution in [-0.4, -0.2) is 9.97 Å². The van der Waals surface area contributed by atoms with Gasteiger partial charge in [-0.3, -0.25) is 0 Å². The van der Waals surface area contributed by atoms with E-state index >= 15 is 0 Å². The number of allylic oxidation sites excluding steroid dienone is 2. The van der Waals surface area contributed by atoms with Crippen LogP contribution < -0.4 is 0 Å². The summed E-state index contributed by atoms with van der Waals surface area (Å²) >= 11 is 0. The maximum absolute atomic E-state index is 9.01. The number of rotatable bonds is 0. The summed E-state index contributed by atoms with van der Waals surface area (Å²) in [6, 6.07) is 3.94. The zero-order valence-electron chi connectivity index (χ0n) is 10.4. The maximum Gasteiger partial charge on any atom is 0.177 e. The first-order chi connectivity index (χ1) is 8.67. The van der Waals surface area contributed by atoms with E-state index in [1.807, 2.05) is 12.1 Å². The Morgan fingerprint density at radius 3 is 1.78 bits per heavy atom. The average Bonchev–Trinajstić information content (AvgIpc) is 2.93. The van der Waals surface area contributed by atoms with Crippen molar-refractivity contribution in [2.75, 3.05) is 0 Å². The van der Waals surface area contributed by atoms with Gasteiger partial charge in [-0.05, 0) is 26.7 Å². The Labute approximate surface area is 106 Å². The average molecular weight is 236 g/mol. The lowest BCUT2D eigenvalue weighted by Crippen LogP contribution is -2.08. The number of hydrogen-bond acceptors (Lipinski definition) is 4.